The van der Waals surface area contributed by atoms with E-state index in [4.69, 9.17) is 16.3 Å². The van der Waals surface area contributed by atoms with Crippen LogP contribution in [0.4, 0.5) is 10.6 Å². The molecular formula is C12H15BrClN5O2. The molecule has 0 saturated carbocycles. The number of ether oxygens (including phenoxy) is 1. The Kier molecular flexibility index (Phi) is 6.57. The van der Waals surface area contributed by atoms with E-state index in [1.807, 2.05) is 6.92 Å². The van der Waals surface area contributed by atoms with Gasteiger partial charge in [0.15, 0.2) is 10.4 Å². The number of aromatic nitrogens is 3. The van der Waals surface area contributed by atoms with E-state index >= 15 is 0 Å². The zero-order chi connectivity index (χ0) is 16.0. The molecule has 1 aromatic rings. The fourth-order valence-electron chi connectivity index (χ4n) is 1.46. The van der Waals surface area contributed by atoms with Gasteiger partial charge >= 0.3 is 6.09 Å². The number of allylic oxidation sites excluding steroid dienone is 1. The summed E-state index contributed by atoms with van der Waals surface area (Å²) in [5, 5.41) is 10.2. The van der Waals surface area contributed by atoms with Crippen molar-refractivity contribution >= 4 is 46.2 Å². The molecule has 0 saturated heterocycles. The summed E-state index contributed by atoms with van der Waals surface area (Å²) >= 11 is 9.11. The van der Waals surface area contributed by atoms with Crippen LogP contribution in [-0.2, 0) is 11.8 Å². The van der Waals surface area contributed by atoms with Crippen LogP contribution in [0.1, 0.15) is 13.8 Å². The minimum Gasteiger partial charge on any atom is -0.441 e. The molecule has 1 amide bonds. The van der Waals surface area contributed by atoms with Crippen molar-refractivity contribution in [1.82, 2.24) is 15.0 Å². The topological polar surface area (TPSA) is 81.4 Å². The van der Waals surface area contributed by atoms with Crippen molar-refractivity contribution in [3.63, 3.8) is 0 Å². The first-order valence-electron chi connectivity index (χ1n) is 5.92. The maximum atomic E-state index is 11.9. The Bertz CT molecular complexity index is 577. The molecule has 0 radical (unpaired) electrons. The van der Waals surface area contributed by atoms with E-state index in [0.717, 1.165) is 0 Å². The number of halogens is 2. The zero-order valence-electron chi connectivity index (χ0n) is 11.8. The van der Waals surface area contributed by atoms with Crippen molar-refractivity contribution < 1.29 is 9.53 Å². The number of hydrogen-bond donors (Lipinski definition) is 1. The second-order valence-corrected chi connectivity index (χ2v) is 5.04. The number of nitrogens with one attached hydrogen (secondary N) is 1. The number of carbonyl (C=O) groups excluding carboxylic acids is 1. The van der Waals surface area contributed by atoms with Crippen LogP contribution in [0.15, 0.2) is 32.5 Å². The molecule has 1 atom stereocenters. The zero-order valence-corrected chi connectivity index (χ0v) is 14.1. The smallest absolute Gasteiger partial charge is 0.413 e. The molecule has 0 aliphatic rings. The summed E-state index contributed by atoms with van der Waals surface area (Å²) in [5.41, 5.74) is 0.548. The van der Waals surface area contributed by atoms with Gasteiger partial charge in [0.2, 0.25) is 0 Å². The number of carbonyl (C=O) groups is 1. The highest BCUT2D eigenvalue weighted by molar-refractivity contribution is 9.10. The van der Waals surface area contributed by atoms with Crippen LogP contribution in [0.3, 0.4) is 0 Å². The molecule has 0 fully saturated rings. The predicted octanol–water partition coefficient (Wildman–Crippen LogP) is 3.24. The molecule has 1 N–H and O–H groups in total. The van der Waals surface area contributed by atoms with Gasteiger partial charge in [-0.25, -0.2) is 9.48 Å². The number of amides is 1. The lowest BCUT2D eigenvalue weighted by molar-refractivity contribution is 0.138. The van der Waals surface area contributed by atoms with Crippen molar-refractivity contribution in [2.45, 2.75) is 20.0 Å². The van der Waals surface area contributed by atoms with Gasteiger partial charge < -0.3 is 4.74 Å². The van der Waals surface area contributed by atoms with E-state index in [1.165, 1.54) is 4.68 Å². The number of nitrogens with zero attached hydrogens (tertiary/aromatic N) is 4. The molecule has 114 valence electrons. The van der Waals surface area contributed by atoms with Crippen LogP contribution in [0.25, 0.3) is 0 Å². The summed E-state index contributed by atoms with van der Waals surface area (Å²) in [4.78, 5) is 15.5. The molecule has 0 spiro atoms. The highest BCUT2D eigenvalue weighted by Crippen LogP contribution is 2.20. The molecular weight excluding hydrogens is 362 g/mol. The van der Waals surface area contributed by atoms with Gasteiger partial charge in [-0.05, 0) is 36.5 Å². The number of hydrogen-bond acceptors (Lipinski definition) is 5. The van der Waals surface area contributed by atoms with Gasteiger partial charge in [0.05, 0.1) is 0 Å². The van der Waals surface area contributed by atoms with Gasteiger partial charge in [0, 0.05) is 12.6 Å². The molecule has 1 heterocycles. The van der Waals surface area contributed by atoms with Crippen LogP contribution < -0.4 is 5.32 Å². The third-order valence-corrected chi connectivity index (χ3v) is 3.32. The lowest BCUT2D eigenvalue weighted by Gasteiger charge is -2.15. The summed E-state index contributed by atoms with van der Waals surface area (Å²) in [5.74, 6) is 0.386. The minimum atomic E-state index is -0.663. The molecule has 0 aliphatic heterocycles. The Balaban J connectivity index is 2.80. The third kappa shape index (κ3) is 4.68. The van der Waals surface area contributed by atoms with E-state index < -0.39 is 12.2 Å². The first-order valence-corrected chi connectivity index (χ1v) is 7.09. The number of rotatable bonds is 5. The summed E-state index contributed by atoms with van der Waals surface area (Å²) in [6.07, 6.45) is 2.21. The lowest BCUT2D eigenvalue weighted by atomic mass is 10.1. The van der Waals surface area contributed by atoms with Crippen LogP contribution in [0.2, 0.25) is 0 Å². The standard InChI is InChI=1S/C12H15BrClN5O2/c1-5-6-8(10(14)15-3)7(2)21-12(20)16-11-9(13)17-18-19(11)4/h5-7H,3H2,1-2,4H3,(H,16,20)/b6-5-,10-8+/t7-/m1/s1. The Hall–Kier alpha value is -1.67. The summed E-state index contributed by atoms with van der Waals surface area (Å²) in [6, 6.07) is 0. The van der Waals surface area contributed by atoms with E-state index in [1.54, 1.807) is 26.1 Å². The van der Waals surface area contributed by atoms with Crippen molar-refractivity contribution in [1.29, 1.82) is 0 Å². The maximum absolute atomic E-state index is 11.9. The highest BCUT2D eigenvalue weighted by Gasteiger charge is 2.18. The van der Waals surface area contributed by atoms with Crippen molar-refractivity contribution in [2.75, 3.05) is 5.32 Å². The number of aryl methyl sites for hydroxylation is 1. The largest absolute Gasteiger partial charge is 0.441 e. The average Bonchev–Trinajstić information content (AvgIpc) is 2.75. The Morgan fingerprint density at radius 3 is 2.81 bits per heavy atom. The first-order chi connectivity index (χ1) is 9.90. The second-order valence-electron chi connectivity index (χ2n) is 3.93. The van der Waals surface area contributed by atoms with Gasteiger partial charge in [-0.1, -0.05) is 29.0 Å². The van der Waals surface area contributed by atoms with Crippen LogP contribution in [0.5, 0.6) is 0 Å². The summed E-state index contributed by atoms with van der Waals surface area (Å²) < 4.78 is 7.06. The third-order valence-electron chi connectivity index (χ3n) is 2.45. The highest BCUT2D eigenvalue weighted by atomic mass is 79.9. The van der Waals surface area contributed by atoms with E-state index in [0.29, 0.717) is 16.0 Å². The van der Waals surface area contributed by atoms with E-state index in [9.17, 15) is 4.79 Å². The summed E-state index contributed by atoms with van der Waals surface area (Å²) in [7, 11) is 1.64. The second kappa shape index (κ2) is 7.94. The van der Waals surface area contributed by atoms with Crippen molar-refractivity contribution in [3.8, 4) is 0 Å². The molecule has 1 aromatic heterocycles. The van der Waals surface area contributed by atoms with E-state index in [2.05, 4.69) is 43.3 Å². The molecule has 0 aromatic carbocycles. The van der Waals surface area contributed by atoms with Crippen LogP contribution in [-0.4, -0.2) is 33.9 Å². The van der Waals surface area contributed by atoms with Crippen LogP contribution >= 0.6 is 27.5 Å². The number of aliphatic imine (C=N–C) groups is 1. The molecule has 1 rings (SSSR count). The van der Waals surface area contributed by atoms with Gasteiger partial charge in [0.1, 0.15) is 11.3 Å². The minimum absolute atomic E-state index is 0.178. The molecule has 9 heteroatoms. The average molecular weight is 377 g/mol. The Morgan fingerprint density at radius 2 is 2.33 bits per heavy atom. The quantitative estimate of drug-likeness (QED) is 0.486. The Labute approximate surface area is 135 Å². The fourth-order valence-corrected chi connectivity index (χ4v) is 2.10. The number of anilines is 1. The monoisotopic (exact) mass is 375 g/mol. The normalized spacial score (nSPS) is 13.8. The predicted molar refractivity (Wildman–Crippen MR) is 85.5 cm³/mol. The molecule has 0 bridgehead atoms. The molecule has 7 nitrogen and oxygen atoms in total. The summed E-state index contributed by atoms with van der Waals surface area (Å²) in [6.45, 7) is 6.85. The molecule has 0 aliphatic carbocycles. The first kappa shape index (κ1) is 17.4. The fraction of sp³-hybridized carbons (Fsp3) is 0.333. The van der Waals surface area contributed by atoms with E-state index in [-0.39, 0.29) is 5.16 Å². The van der Waals surface area contributed by atoms with Gasteiger partial charge in [-0.3, -0.25) is 10.3 Å². The van der Waals surface area contributed by atoms with Gasteiger partial charge in [-0.2, -0.15) is 0 Å². The molecule has 0 unspecified atom stereocenters. The SMILES string of the molecule is C=N/C(Cl)=C(\C=C/C)[C@@H](C)OC(=O)Nc1c(Br)nnn1C. The van der Waals surface area contributed by atoms with Crippen molar-refractivity contribution in [2.24, 2.45) is 12.0 Å². The van der Waals surface area contributed by atoms with Gasteiger partial charge in [0.25, 0.3) is 0 Å². The maximum Gasteiger partial charge on any atom is 0.413 e. The lowest BCUT2D eigenvalue weighted by Crippen LogP contribution is -2.23. The van der Waals surface area contributed by atoms with Crippen molar-refractivity contribution in [3.05, 3.63) is 27.5 Å². The Morgan fingerprint density at radius 1 is 1.67 bits per heavy atom. The van der Waals surface area contributed by atoms with Crippen LogP contribution in [0, 0.1) is 0 Å². The molecule has 21 heavy (non-hydrogen) atoms. The van der Waals surface area contributed by atoms with Gasteiger partial charge in [-0.15, -0.1) is 5.10 Å².